The number of nitrogens with zero attached hydrogens (tertiary/aromatic N) is 3. The van der Waals surface area contributed by atoms with E-state index in [4.69, 9.17) is 0 Å². The van der Waals surface area contributed by atoms with Crippen LogP contribution >= 0.6 is 0 Å². The van der Waals surface area contributed by atoms with Gasteiger partial charge in [-0.2, -0.15) is 5.10 Å². The molecule has 0 amide bonds. The molecule has 1 aliphatic rings. The summed E-state index contributed by atoms with van der Waals surface area (Å²) < 4.78 is 29.8. The van der Waals surface area contributed by atoms with Crippen molar-refractivity contribution in [3.05, 3.63) is 48.3 Å². The minimum absolute atomic E-state index is 0.203. The van der Waals surface area contributed by atoms with E-state index in [0.717, 1.165) is 31.6 Å². The topological polar surface area (TPSA) is 67.2 Å². The number of sulfonamides is 1. The monoisotopic (exact) mass is 362 g/mol. The SMILES string of the molecule is Cn1cc(S(=O)(=O)N[C@H](CCN2CCCCC2)c2ccccc2)cn1. The van der Waals surface area contributed by atoms with Crippen LogP contribution in [0.4, 0.5) is 0 Å². The Bertz CT molecular complexity index is 767. The summed E-state index contributed by atoms with van der Waals surface area (Å²) in [5.41, 5.74) is 0.993. The number of hydrogen-bond acceptors (Lipinski definition) is 4. The normalized spacial score (nSPS) is 17.5. The number of aryl methyl sites for hydroxylation is 1. The van der Waals surface area contributed by atoms with Crippen molar-refractivity contribution in [3.8, 4) is 0 Å². The summed E-state index contributed by atoms with van der Waals surface area (Å²) in [6, 6.07) is 9.55. The molecule has 0 saturated carbocycles. The van der Waals surface area contributed by atoms with Crippen molar-refractivity contribution in [2.45, 2.75) is 36.6 Å². The lowest BCUT2D eigenvalue weighted by atomic mass is 10.0. The number of likely N-dealkylation sites (tertiary alicyclic amines) is 1. The summed E-state index contributed by atoms with van der Waals surface area (Å²) in [5, 5.41) is 3.97. The quantitative estimate of drug-likeness (QED) is 0.821. The Labute approximate surface area is 149 Å². The number of rotatable bonds is 7. The van der Waals surface area contributed by atoms with Gasteiger partial charge in [0.25, 0.3) is 0 Å². The third-order valence-electron chi connectivity index (χ3n) is 4.67. The lowest BCUT2D eigenvalue weighted by Gasteiger charge is -2.28. The van der Waals surface area contributed by atoms with Crippen LogP contribution in [-0.4, -0.2) is 42.7 Å². The summed E-state index contributed by atoms with van der Waals surface area (Å²) in [5.74, 6) is 0. The van der Waals surface area contributed by atoms with Crippen LogP contribution in [0.1, 0.15) is 37.3 Å². The molecule has 0 spiro atoms. The highest BCUT2D eigenvalue weighted by molar-refractivity contribution is 7.89. The molecule has 0 radical (unpaired) electrons. The molecular weight excluding hydrogens is 336 g/mol. The fraction of sp³-hybridized carbons (Fsp3) is 0.500. The van der Waals surface area contributed by atoms with Crippen molar-refractivity contribution < 1.29 is 8.42 Å². The molecule has 2 heterocycles. The average Bonchev–Trinajstić information content (AvgIpc) is 3.08. The zero-order valence-corrected chi connectivity index (χ0v) is 15.5. The van der Waals surface area contributed by atoms with Crippen LogP contribution in [0.15, 0.2) is 47.6 Å². The standard InChI is InChI=1S/C18H26N4O2S/c1-21-15-17(14-19-21)25(23,24)20-18(16-8-4-2-5-9-16)10-13-22-11-6-3-7-12-22/h2,4-5,8-9,14-15,18,20H,3,6-7,10-13H2,1H3/t18-/m1/s1. The summed E-state index contributed by atoms with van der Waals surface area (Å²) in [4.78, 5) is 2.63. The van der Waals surface area contributed by atoms with Gasteiger partial charge < -0.3 is 4.90 Å². The van der Waals surface area contributed by atoms with Gasteiger partial charge in [0.2, 0.25) is 10.0 Å². The van der Waals surface area contributed by atoms with Gasteiger partial charge in [0.1, 0.15) is 4.90 Å². The first-order chi connectivity index (χ1) is 12.0. The van der Waals surface area contributed by atoms with Crippen molar-refractivity contribution in [2.24, 2.45) is 7.05 Å². The van der Waals surface area contributed by atoms with E-state index in [1.54, 1.807) is 7.05 Å². The van der Waals surface area contributed by atoms with Gasteiger partial charge in [-0.1, -0.05) is 36.8 Å². The summed E-state index contributed by atoms with van der Waals surface area (Å²) in [7, 11) is -1.88. The minimum Gasteiger partial charge on any atom is -0.303 e. The third kappa shape index (κ3) is 4.90. The van der Waals surface area contributed by atoms with Crippen LogP contribution in [0.3, 0.4) is 0 Å². The van der Waals surface area contributed by atoms with Gasteiger partial charge in [-0.15, -0.1) is 0 Å². The highest BCUT2D eigenvalue weighted by Gasteiger charge is 2.23. The lowest BCUT2D eigenvalue weighted by molar-refractivity contribution is 0.219. The van der Waals surface area contributed by atoms with E-state index < -0.39 is 10.0 Å². The highest BCUT2D eigenvalue weighted by Crippen LogP contribution is 2.21. The number of hydrogen-bond donors (Lipinski definition) is 1. The van der Waals surface area contributed by atoms with E-state index in [1.807, 2.05) is 30.3 Å². The fourth-order valence-electron chi connectivity index (χ4n) is 3.27. The second kappa shape index (κ2) is 8.12. The Hall–Kier alpha value is -1.70. The largest absolute Gasteiger partial charge is 0.303 e. The number of aromatic nitrogens is 2. The Morgan fingerprint density at radius 1 is 1.16 bits per heavy atom. The van der Waals surface area contributed by atoms with Crippen LogP contribution in [0.5, 0.6) is 0 Å². The molecule has 3 rings (SSSR count). The molecule has 136 valence electrons. The van der Waals surface area contributed by atoms with Crippen molar-refractivity contribution >= 4 is 10.0 Å². The van der Waals surface area contributed by atoms with Gasteiger partial charge in [-0.25, -0.2) is 13.1 Å². The zero-order chi connectivity index (χ0) is 17.7. The molecule has 1 aromatic carbocycles. The Balaban J connectivity index is 1.74. The molecule has 1 fully saturated rings. The molecule has 0 unspecified atom stereocenters. The number of nitrogens with one attached hydrogen (secondary N) is 1. The van der Waals surface area contributed by atoms with E-state index in [0.29, 0.717) is 0 Å². The molecule has 1 atom stereocenters. The van der Waals surface area contributed by atoms with Gasteiger partial charge in [-0.05, 0) is 44.5 Å². The Kier molecular flexibility index (Phi) is 5.88. The first kappa shape index (κ1) is 18.1. The zero-order valence-electron chi connectivity index (χ0n) is 14.6. The Morgan fingerprint density at radius 3 is 2.52 bits per heavy atom. The first-order valence-electron chi connectivity index (χ1n) is 8.83. The summed E-state index contributed by atoms with van der Waals surface area (Å²) in [6.45, 7) is 3.11. The molecule has 1 saturated heterocycles. The molecule has 6 nitrogen and oxygen atoms in total. The summed E-state index contributed by atoms with van der Waals surface area (Å²) in [6.07, 6.45) is 7.43. The second-order valence-electron chi connectivity index (χ2n) is 6.63. The van der Waals surface area contributed by atoms with Gasteiger partial charge in [-0.3, -0.25) is 4.68 Å². The number of piperidine rings is 1. The van der Waals surface area contributed by atoms with Gasteiger partial charge in [0.15, 0.2) is 0 Å². The van der Waals surface area contributed by atoms with Crippen molar-refractivity contribution in [2.75, 3.05) is 19.6 Å². The van der Waals surface area contributed by atoms with Crippen LogP contribution in [0, 0.1) is 0 Å². The van der Waals surface area contributed by atoms with E-state index >= 15 is 0 Å². The Morgan fingerprint density at radius 2 is 1.88 bits per heavy atom. The average molecular weight is 362 g/mol. The molecule has 1 aromatic heterocycles. The van der Waals surface area contributed by atoms with E-state index in [-0.39, 0.29) is 10.9 Å². The molecule has 25 heavy (non-hydrogen) atoms. The molecule has 0 bridgehead atoms. The third-order valence-corrected chi connectivity index (χ3v) is 6.10. The fourth-order valence-corrected chi connectivity index (χ4v) is 4.51. The predicted molar refractivity (Wildman–Crippen MR) is 97.6 cm³/mol. The van der Waals surface area contributed by atoms with Crippen LogP contribution < -0.4 is 4.72 Å². The van der Waals surface area contributed by atoms with E-state index in [9.17, 15) is 8.42 Å². The maximum absolute atomic E-state index is 12.7. The second-order valence-corrected chi connectivity index (χ2v) is 8.34. The van der Waals surface area contributed by atoms with Crippen LogP contribution in [0.2, 0.25) is 0 Å². The van der Waals surface area contributed by atoms with Crippen molar-refractivity contribution in [3.63, 3.8) is 0 Å². The van der Waals surface area contributed by atoms with E-state index in [2.05, 4.69) is 14.7 Å². The van der Waals surface area contributed by atoms with Crippen molar-refractivity contribution in [1.82, 2.24) is 19.4 Å². The van der Waals surface area contributed by atoms with Gasteiger partial charge in [0.05, 0.1) is 6.20 Å². The first-order valence-corrected chi connectivity index (χ1v) is 10.3. The highest BCUT2D eigenvalue weighted by atomic mass is 32.2. The molecule has 7 heteroatoms. The molecular formula is C18H26N4O2S. The van der Waals surface area contributed by atoms with Crippen LogP contribution in [-0.2, 0) is 17.1 Å². The molecule has 2 aromatic rings. The number of benzene rings is 1. The lowest BCUT2D eigenvalue weighted by Crippen LogP contribution is -2.35. The van der Waals surface area contributed by atoms with E-state index in [1.165, 1.54) is 36.3 Å². The molecule has 0 aliphatic carbocycles. The molecule has 1 N–H and O–H groups in total. The maximum atomic E-state index is 12.7. The predicted octanol–water partition coefficient (Wildman–Crippen LogP) is 2.32. The van der Waals surface area contributed by atoms with Crippen LogP contribution in [0.25, 0.3) is 0 Å². The van der Waals surface area contributed by atoms with Gasteiger partial charge in [0, 0.05) is 19.3 Å². The molecule has 1 aliphatic heterocycles. The summed E-state index contributed by atoms with van der Waals surface area (Å²) >= 11 is 0. The van der Waals surface area contributed by atoms with Gasteiger partial charge >= 0.3 is 0 Å². The maximum Gasteiger partial charge on any atom is 0.244 e. The van der Waals surface area contributed by atoms with Crippen molar-refractivity contribution in [1.29, 1.82) is 0 Å². The minimum atomic E-state index is -3.59. The smallest absolute Gasteiger partial charge is 0.244 e.